The quantitative estimate of drug-likeness (QED) is 0.621. The summed E-state index contributed by atoms with van der Waals surface area (Å²) >= 11 is 0. The van der Waals surface area contributed by atoms with Gasteiger partial charge in [0.2, 0.25) is 5.91 Å². The van der Waals surface area contributed by atoms with Gasteiger partial charge in [-0.2, -0.15) is 13.2 Å². The van der Waals surface area contributed by atoms with Crippen LogP contribution in [0.15, 0.2) is 48.5 Å². The van der Waals surface area contributed by atoms with Crippen LogP contribution in [0.25, 0.3) is 0 Å². The summed E-state index contributed by atoms with van der Waals surface area (Å²) in [5.74, 6) is -1.59. The molecule has 0 aliphatic carbocycles. The van der Waals surface area contributed by atoms with E-state index < -0.39 is 36.1 Å². The second kappa shape index (κ2) is 9.58. The highest BCUT2D eigenvalue weighted by atomic mass is 19.4. The van der Waals surface area contributed by atoms with Crippen LogP contribution in [-0.4, -0.2) is 30.9 Å². The van der Waals surface area contributed by atoms with Crippen molar-refractivity contribution in [2.45, 2.75) is 12.6 Å². The summed E-state index contributed by atoms with van der Waals surface area (Å²) in [4.78, 5) is 35.0. The molecule has 0 unspecified atom stereocenters. The van der Waals surface area contributed by atoms with Gasteiger partial charge in [-0.25, -0.2) is 0 Å². The lowest BCUT2D eigenvalue weighted by Gasteiger charge is -2.12. The second-order valence-electron chi connectivity index (χ2n) is 5.88. The fourth-order valence-electron chi connectivity index (χ4n) is 2.26. The van der Waals surface area contributed by atoms with E-state index in [1.165, 1.54) is 12.1 Å². The number of alkyl halides is 3. The number of amides is 3. The third kappa shape index (κ3) is 6.83. The summed E-state index contributed by atoms with van der Waals surface area (Å²) in [6, 6.07) is 10.1. The lowest BCUT2D eigenvalue weighted by molar-refractivity contribution is -0.137. The fourth-order valence-corrected chi connectivity index (χ4v) is 2.26. The molecular weight excluding hydrogens is 391 g/mol. The van der Waals surface area contributed by atoms with Gasteiger partial charge in [-0.3, -0.25) is 14.4 Å². The van der Waals surface area contributed by atoms with Crippen molar-refractivity contribution in [1.82, 2.24) is 5.32 Å². The molecule has 10 heteroatoms. The first-order valence-corrected chi connectivity index (χ1v) is 8.42. The molecule has 2 rings (SSSR count). The Kier molecular flexibility index (Phi) is 7.18. The fraction of sp³-hybridized carbons (Fsp3) is 0.211. The minimum Gasteiger partial charge on any atom is -0.484 e. The Bertz CT molecular complexity index is 883. The highest BCUT2D eigenvalue weighted by Gasteiger charge is 2.30. The van der Waals surface area contributed by atoms with Gasteiger partial charge in [0.05, 0.1) is 16.8 Å². The van der Waals surface area contributed by atoms with Crippen LogP contribution in [0.2, 0.25) is 0 Å². The van der Waals surface area contributed by atoms with E-state index in [0.29, 0.717) is 0 Å². The van der Waals surface area contributed by atoms with Crippen molar-refractivity contribution in [3.63, 3.8) is 0 Å². The minimum atomic E-state index is -4.46. The molecule has 3 amide bonds. The minimum absolute atomic E-state index is 0.0266. The van der Waals surface area contributed by atoms with Crippen LogP contribution in [0, 0.1) is 0 Å². The molecule has 154 valence electrons. The Labute approximate surface area is 164 Å². The predicted molar refractivity (Wildman–Crippen MR) is 98.2 cm³/mol. The monoisotopic (exact) mass is 409 g/mol. The van der Waals surface area contributed by atoms with Crippen molar-refractivity contribution < 1.29 is 32.3 Å². The number of hydrogen-bond donors (Lipinski definition) is 3. The number of rotatable bonds is 8. The van der Waals surface area contributed by atoms with Crippen molar-refractivity contribution in [2.75, 3.05) is 18.5 Å². The van der Waals surface area contributed by atoms with Gasteiger partial charge in [-0.05, 0) is 36.4 Å². The molecule has 0 aliphatic rings. The zero-order chi connectivity index (χ0) is 21.4. The first kappa shape index (κ1) is 21.7. The molecule has 2 aromatic carbocycles. The van der Waals surface area contributed by atoms with Crippen LogP contribution in [0.3, 0.4) is 0 Å². The molecule has 0 spiro atoms. The average Bonchev–Trinajstić information content (AvgIpc) is 2.66. The van der Waals surface area contributed by atoms with Crippen LogP contribution in [0.1, 0.15) is 22.3 Å². The topological polar surface area (TPSA) is 111 Å². The lowest BCUT2D eigenvalue weighted by atomic mass is 10.1. The highest BCUT2D eigenvalue weighted by molar-refractivity contribution is 6.04. The number of para-hydroxylation sites is 1. The molecule has 0 aromatic heterocycles. The Morgan fingerprint density at radius 3 is 2.28 bits per heavy atom. The summed E-state index contributed by atoms with van der Waals surface area (Å²) in [6.45, 7) is -0.420. The van der Waals surface area contributed by atoms with Gasteiger partial charge in [-0.15, -0.1) is 0 Å². The number of halogens is 3. The molecule has 0 radical (unpaired) electrons. The Hall–Kier alpha value is -3.56. The van der Waals surface area contributed by atoms with Gasteiger partial charge >= 0.3 is 6.18 Å². The maximum atomic E-state index is 12.5. The number of carbonyl (C=O) groups is 3. The molecule has 0 aliphatic heterocycles. The zero-order valence-corrected chi connectivity index (χ0v) is 15.1. The van der Waals surface area contributed by atoms with Gasteiger partial charge in [-0.1, -0.05) is 12.1 Å². The summed E-state index contributed by atoms with van der Waals surface area (Å²) in [5, 5.41) is 5.01. The van der Waals surface area contributed by atoms with Gasteiger partial charge in [0.1, 0.15) is 5.75 Å². The van der Waals surface area contributed by atoms with Crippen molar-refractivity contribution in [3.05, 3.63) is 59.7 Å². The van der Waals surface area contributed by atoms with Crippen LogP contribution in [0.5, 0.6) is 5.75 Å². The van der Waals surface area contributed by atoms with Crippen molar-refractivity contribution >= 4 is 23.4 Å². The molecule has 0 saturated heterocycles. The van der Waals surface area contributed by atoms with Gasteiger partial charge in [0, 0.05) is 13.0 Å². The van der Waals surface area contributed by atoms with E-state index >= 15 is 0 Å². The standard InChI is InChI=1S/C19H18F3N3O4/c20-19(21,22)12-5-7-13(8-6-12)29-11-17(27)25-15-4-2-1-3-14(15)18(28)24-10-9-16(23)26/h1-8H,9-11H2,(H2,23,26)(H,24,28)(H,25,27). The number of primary amides is 1. The van der Waals surface area contributed by atoms with Gasteiger partial charge < -0.3 is 21.1 Å². The summed E-state index contributed by atoms with van der Waals surface area (Å²) in [7, 11) is 0. The molecule has 7 nitrogen and oxygen atoms in total. The highest BCUT2D eigenvalue weighted by Crippen LogP contribution is 2.30. The van der Waals surface area contributed by atoms with Crippen molar-refractivity contribution in [1.29, 1.82) is 0 Å². The Balaban J connectivity index is 1.93. The second-order valence-corrected chi connectivity index (χ2v) is 5.88. The number of anilines is 1. The van der Waals surface area contributed by atoms with E-state index in [2.05, 4.69) is 10.6 Å². The molecule has 0 bridgehead atoms. The molecule has 0 fully saturated rings. The normalized spacial score (nSPS) is 10.9. The average molecular weight is 409 g/mol. The summed E-state index contributed by atoms with van der Waals surface area (Å²) < 4.78 is 42.8. The van der Waals surface area contributed by atoms with E-state index in [0.717, 1.165) is 24.3 Å². The third-order valence-electron chi connectivity index (χ3n) is 3.65. The molecule has 4 N–H and O–H groups in total. The van der Waals surface area contributed by atoms with E-state index in [1.54, 1.807) is 12.1 Å². The molecule has 0 heterocycles. The largest absolute Gasteiger partial charge is 0.484 e. The molecule has 0 atom stereocenters. The van der Waals surface area contributed by atoms with E-state index in [1.807, 2.05) is 0 Å². The predicted octanol–water partition coefficient (Wildman–Crippen LogP) is 2.33. The van der Waals surface area contributed by atoms with Crippen LogP contribution < -0.4 is 21.1 Å². The lowest BCUT2D eigenvalue weighted by Crippen LogP contribution is -2.29. The first-order chi connectivity index (χ1) is 13.7. The smallest absolute Gasteiger partial charge is 0.416 e. The number of hydrogen-bond acceptors (Lipinski definition) is 4. The molecular formula is C19H18F3N3O4. The molecule has 29 heavy (non-hydrogen) atoms. The molecule has 0 saturated carbocycles. The van der Waals surface area contributed by atoms with E-state index in [9.17, 15) is 27.6 Å². The number of nitrogens with one attached hydrogen (secondary N) is 2. The maximum absolute atomic E-state index is 12.5. The maximum Gasteiger partial charge on any atom is 0.416 e. The molecule has 2 aromatic rings. The Morgan fingerprint density at radius 1 is 1.00 bits per heavy atom. The van der Waals surface area contributed by atoms with Crippen LogP contribution >= 0.6 is 0 Å². The Morgan fingerprint density at radius 2 is 1.66 bits per heavy atom. The van der Waals surface area contributed by atoms with Crippen molar-refractivity contribution in [3.8, 4) is 5.75 Å². The van der Waals surface area contributed by atoms with Gasteiger partial charge in [0.15, 0.2) is 6.61 Å². The number of nitrogens with two attached hydrogens (primary N) is 1. The van der Waals surface area contributed by atoms with E-state index in [4.69, 9.17) is 10.5 Å². The number of benzene rings is 2. The number of carbonyl (C=O) groups excluding carboxylic acids is 3. The van der Waals surface area contributed by atoms with Crippen molar-refractivity contribution in [2.24, 2.45) is 5.73 Å². The van der Waals surface area contributed by atoms with E-state index in [-0.39, 0.29) is 30.0 Å². The first-order valence-electron chi connectivity index (χ1n) is 8.42. The number of ether oxygens (including phenoxy) is 1. The summed E-state index contributed by atoms with van der Waals surface area (Å²) in [5.41, 5.74) is 4.56. The summed E-state index contributed by atoms with van der Waals surface area (Å²) in [6.07, 6.45) is -4.49. The van der Waals surface area contributed by atoms with Crippen LogP contribution in [-0.2, 0) is 15.8 Å². The zero-order valence-electron chi connectivity index (χ0n) is 15.1. The van der Waals surface area contributed by atoms with Crippen LogP contribution in [0.4, 0.5) is 18.9 Å². The van der Waals surface area contributed by atoms with Gasteiger partial charge in [0.25, 0.3) is 11.8 Å². The third-order valence-corrected chi connectivity index (χ3v) is 3.65. The SMILES string of the molecule is NC(=O)CCNC(=O)c1ccccc1NC(=O)COc1ccc(C(F)(F)F)cc1.